The number of carbonyl (C=O) groups is 13. The van der Waals surface area contributed by atoms with E-state index in [0.29, 0.717) is 161 Å². The molecular weight excluding hydrogens is 1870 g/mol. The highest BCUT2D eigenvalue weighted by molar-refractivity contribution is 6.11. The van der Waals surface area contributed by atoms with Crippen molar-refractivity contribution in [1.29, 1.82) is 0 Å². The Balaban J connectivity index is 0.000000127. The number of ether oxygens (including phenoxy) is 7. The summed E-state index contributed by atoms with van der Waals surface area (Å²) in [5, 5.41) is 6.89. The van der Waals surface area contributed by atoms with Crippen molar-refractivity contribution < 1.29 is 114 Å². The Morgan fingerprint density at radius 3 is 0.911 bits per heavy atom. The molecule has 0 spiro atoms. The number of nitrogens with zero attached hydrogens (tertiary/aromatic N) is 7. The monoisotopic (exact) mass is 1990 g/mol. The Kier molecular flexibility index (Phi) is 32.1. The summed E-state index contributed by atoms with van der Waals surface area (Å²) in [5.41, 5.74) is 14.2. The number of hydrogen-bond donors (Lipinski definition) is 1. The first-order valence-electron chi connectivity index (χ1n) is 49.8. The van der Waals surface area contributed by atoms with Crippen LogP contribution in [0.15, 0.2) is 224 Å². The molecular formula is C115H114F3N7O21. The molecule has 0 radical (unpaired) electrons. The zero-order valence-corrected chi connectivity index (χ0v) is 80.9. The molecule has 4 atom stereocenters. The van der Waals surface area contributed by atoms with Crippen LogP contribution in [0.2, 0.25) is 0 Å². The number of halogens is 3. The van der Waals surface area contributed by atoms with Gasteiger partial charge in [0.1, 0.15) is 102 Å². The number of likely N-dealkylation sites (tertiary alicyclic amines) is 3. The van der Waals surface area contributed by atoms with Gasteiger partial charge in [-0.2, -0.15) is 0 Å². The third kappa shape index (κ3) is 24.8. The van der Waals surface area contributed by atoms with E-state index in [4.69, 9.17) is 43.1 Å². The third-order valence-corrected chi connectivity index (χ3v) is 28.7. The van der Waals surface area contributed by atoms with Crippen LogP contribution >= 0.6 is 0 Å². The highest BCUT2D eigenvalue weighted by Crippen LogP contribution is 2.42. The summed E-state index contributed by atoms with van der Waals surface area (Å²) in [6.07, 6.45) is 6.25. The van der Waals surface area contributed by atoms with Crippen molar-refractivity contribution in [3.8, 4) is 34.5 Å². The van der Waals surface area contributed by atoms with Gasteiger partial charge in [0.05, 0.1) is 89.1 Å². The van der Waals surface area contributed by atoms with E-state index in [9.17, 15) is 70.7 Å². The first-order valence-corrected chi connectivity index (χ1v) is 49.8. The van der Waals surface area contributed by atoms with E-state index in [1.807, 2.05) is 97.1 Å². The van der Waals surface area contributed by atoms with Crippen LogP contribution in [0.4, 0.5) is 13.2 Å². The summed E-state index contributed by atoms with van der Waals surface area (Å²) < 4.78 is 80.7. The predicted molar refractivity (Wildman–Crippen MR) is 527 cm³/mol. The second-order valence-electron chi connectivity index (χ2n) is 39.2. The molecule has 10 aromatic rings. The Bertz CT molecular complexity index is 6520. The van der Waals surface area contributed by atoms with Crippen LogP contribution in [0.5, 0.6) is 34.5 Å². The summed E-state index contributed by atoms with van der Waals surface area (Å²) in [5.74, 6) is 0.427. The van der Waals surface area contributed by atoms with Crippen LogP contribution in [-0.4, -0.2) is 211 Å². The minimum atomic E-state index is -2.57. The molecule has 8 fully saturated rings. The first kappa shape index (κ1) is 101. The number of Topliss-reactive ketones (excluding diaryl/α,β-unsaturated/α-hetero) is 8. The molecule has 4 saturated heterocycles. The van der Waals surface area contributed by atoms with E-state index in [1.165, 1.54) is 28.8 Å². The number of rotatable bonds is 28. The summed E-state index contributed by atoms with van der Waals surface area (Å²) >= 11 is 0. The molecule has 10 aromatic carbocycles. The SMILES string of the molecule is O=C1CCC(N2Cc3c(OCc4ccc(CC5CCOCC5)cc4)cccc3C2=O)C(=O)C1.O=C1CCC(N2Cc3c(OCc4ccc(CN5CC(F)(F)C5)cc4)cccc3C2=O)C(=O)C1.O=C1CCC(N2Cc3c(OCc4ccc(CN5CC(Oc6ccc(F)cc6)C5)cc4)cccc3C2=O)C(=O)C1.O=C1CCC(N2Cc3c(OCc4ccc(CN5CC(Oc6ccccc6)C5)cc4)cccc3C2=O)C(=O)C1.O=CO. The molecule has 0 bridgehead atoms. The number of carboxylic acid groups (broad SMARTS) is 1. The lowest BCUT2D eigenvalue weighted by Gasteiger charge is -2.39. The Morgan fingerprint density at radius 1 is 0.336 bits per heavy atom. The molecule has 146 heavy (non-hydrogen) atoms. The average molecular weight is 1990 g/mol. The highest BCUT2D eigenvalue weighted by atomic mass is 19.3. The number of fused-ring (bicyclic) bond motifs is 4. The van der Waals surface area contributed by atoms with Crippen molar-refractivity contribution in [3.05, 3.63) is 319 Å². The van der Waals surface area contributed by atoms with Gasteiger partial charge in [0.2, 0.25) is 0 Å². The maximum Gasteiger partial charge on any atom is 0.290 e. The first-order chi connectivity index (χ1) is 70.7. The van der Waals surface area contributed by atoms with Crippen molar-refractivity contribution in [3.63, 3.8) is 0 Å². The van der Waals surface area contributed by atoms with E-state index in [2.05, 4.69) is 70.5 Å². The topological polar surface area (TPSA) is 329 Å². The maximum atomic E-state index is 13.0. The molecule has 4 unspecified atom stereocenters. The van der Waals surface area contributed by atoms with Gasteiger partial charge in [-0.15, -0.1) is 0 Å². The van der Waals surface area contributed by atoms with E-state index in [0.717, 1.165) is 128 Å². The van der Waals surface area contributed by atoms with E-state index < -0.39 is 30.1 Å². The largest absolute Gasteiger partial charge is 0.489 e. The average Bonchev–Trinajstić information content (AvgIpc) is 1.63. The summed E-state index contributed by atoms with van der Waals surface area (Å²) in [6.45, 7) is 9.48. The Labute approximate surface area is 842 Å². The Morgan fingerprint density at radius 2 is 0.616 bits per heavy atom. The van der Waals surface area contributed by atoms with Crippen LogP contribution in [0.3, 0.4) is 0 Å². The zero-order chi connectivity index (χ0) is 102. The molecule has 22 rings (SSSR count). The fourth-order valence-electron chi connectivity index (χ4n) is 20.9. The van der Waals surface area contributed by atoms with Gasteiger partial charge in [-0.1, -0.05) is 140 Å². The van der Waals surface area contributed by atoms with Crippen LogP contribution in [-0.2, 0) is 127 Å². The molecule has 8 aliphatic heterocycles. The van der Waals surface area contributed by atoms with Crippen molar-refractivity contribution >= 4 is 76.4 Å². The van der Waals surface area contributed by atoms with Crippen LogP contribution in [0.25, 0.3) is 0 Å². The quantitative estimate of drug-likeness (QED) is 0.0351. The lowest BCUT2D eigenvalue weighted by molar-refractivity contribution is -0.134. The number of para-hydroxylation sites is 1. The number of alkyl halides is 2. The van der Waals surface area contributed by atoms with E-state index in [1.54, 1.807) is 79.1 Å². The molecule has 0 aromatic heterocycles. The molecule has 4 saturated carbocycles. The molecule has 31 heteroatoms. The van der Waals surface area contributed by atoms with Gasteiger partial charge in [-0.3, -0.25) is 77.0 Å². The second-order valence-corrected chi connectivity index (χ2v) is 39.2. The molecule has 4 aliphatic carbocycles. The minimum absolute atomic E-state index is 0.0387. The molecule has 8 heterocycles. The van der Waals surface area contributed by atoms with Gasteiger partial charge in [0.15, 0.2) is 23.1 Å². The highest BCUT2D eigenvalue weighted by Gasteiger charge is 2.47. The van der Waals surface area contributed by atoms with E-state index >= 15 is 0 Å². The smallest absolute Gasteiger partial charge is 0.290 e. The number of ketones is 8. The summed E-state index contributed by atoms with van der Waals surface area (Å²) in [6, 6.07) is 68.4. The lowest BCUT2D eigenvalue weighted by atomic mass is 9.92. The lowest BCUT2D eigenvalue weighted by Crippen LogP contribution is -2.55. The van der Waals surface area contributed by atoms with Gasteiger partial charge < -0.3 is 57.9 Å². The minimum Gasteiger partial charge on any atom is -0.489 e. The van der Waals surface area contributed by atoms with Crippen molar-refractivity contribution in [2.75, 3.05) is 52.5 Å². The standard InChI is InChI=1S/C31H29FN2O5.C31H30N2O5.C27H29NO5.C25H24F2N2O4.CH2O2/c32-22-8-11-24(12-9-22)39-25-16-33(17-25)15-20-4-6-21(7-5-20)19-38-30-3-1-2-26-27(30)18-34(31(26)37)28-13-10-23(35)14-29(28)36;34-23-13-14-28(29(35)15-23)33-19-27-26(31(33)36)7-4-8-30(27)37-20-22-11-9-21(10-12-22)16-32-17-25(18-32)38-24-5-2-1-3-6-24;29-21-8-9-24(25(30)15-21)28-16-23-22(27(28)31)2-1-3-26(23)33-17-20-6-4-18(5-7-20)14-19-10-12-32-13-11-19;26-25(27)14-28(15-25)11-16-4-6-17(7-5-16)13-33-23-3-1-2-19-20(23)12-29(24(19)32)21-9-8-18(30)10-22(21)31;2-1-3/h1-9,11-12,25,28H,10,13-19H2;1-12,25,28H,13-20H2;1-7,19,24H,8-17H2;1-7,21H,8-15H2;1H,(H,2,3). The van der Waals surface area contributed by atoms with Gasteiger partial charge in [0.25, 0.3) is 36.0 Å². The molecule has 756 valence electrons. The number of amides is 4. The maximum absolute atomic E-state index is 13.0. The fraction of sp³-hybridized carbons (Fsp3) is 0.365. The normalized spacial score (nSPS) is 20.4. The molecule has 4 amide bonds. The van der Waals surface area contributed by atoms with Crippen molar-refractivity contribution in [1.82, 2.24) is 34.3 Å². The van der Waals surface area contributed by atoms with E-state index in [-0.39, 0.29) is 140 Å². The number of benzene rings is 10. The number of hydrogen-bond acceptors (Lipinski definition) is 23. The van der Waals surface area contributed by atoms with Crippen molar-refractivity contribution in [2.24, 2.45) is 5.92 Å². The van der Waals surface area contributed by atoms with Crippen molar-refractivity contribution in [2.45, 2.75) is 211 Å². The van der Waals surface area contributed by atoms with Gasteiger partial charge in [0, 0.05) is 129 Å². The van der Waals surface area contributed by atoms with Gasteiger partial charge in [-0.25, -0.2) is 13.2 Å². The third-order valence-electron chi connectivity index (χ3n) is 28.7. The Hall–Kier alpha value is -14.7. The van der Waals surface area contributed by atoms with Crippen LogP contribution < -0.4 is 28.4 Å². The molecule has 12 aliphatic rings. The molecule has 28 nitrogen and oxygen atoms in total. The summed E-state index contributed by atoms with van der Waals surface area (Å²) in [4.78, 5) is 169. The second kappa shape index (κ2) is 46.2. The zero-order valence-electron chi connectivity index (χ0n) is 80.9. The van der Waals surface area contributed by atoms with Crippen LogP contribution in [0, 0.1) is 11.7 Å². The fourth-order valence-corrected chi connectivity index (χ4v) is 20.9. The van der Waals surface area contributed by atoms with Crippen LogP contribution in [0.1, 0.15) is 198 Å². The predicted octanol–water partition coefficient (Wildman–Crippen LogP) is 15.4. The van der Waals surface area contributed by atoms with Gasteiger partial charge >= 0.3 is 0 Å². The van der Waals surface area contributed by atoms with Gasteiger partial charge in [-0.05, 0) is 180 Å². The number of carbonyl (C=O) groups excluding carboxylic acids is 12. The molecule has 1 N–H and O–H groups in total. The summed E-state index contributed by atoms with van der Waals surface area (Å²) in [7, 11) is 0.